The normalized spacial score (nSPS) is 14.6. The Morgan fingerprint density at radius 3 is 2.04 bits per heavy atom. The number of hydrogen-bond donors (Lipinski definition) is 3. The Hall–Kier alpha value is -3.76. The summed E-state index contributed by atoms with van der Waals surface area (Å²) in [7, 11) is 0. The molecule has 3 rings (SSSR count). The Morgan fingerprint density at radius 1 is 0.911 bits per heavy atom. The second-order valence-corrected chi connectivity index (χ2v) is 12.3. The Balaban J connectivity index is 1.66. The van der Waals surface area contributed by atoms with Crippen molar-refractivity contribution in [2.45, 2.75) is 103 Å². The van der Waals surface area contributed by atoms with Gasteiger partial charge in [0.05, 0.1) is 29.5 Å². The van der Waals surface area contributed by atoms with Crippen LogP contribution in [0.2, 0.25) is 5.02 Å². The molecule has 3 N–H and O–H groups in total. The van der Waals surface area contributed by atoms with Gasteiger partial charge in [0, 0.05) is 5.56 Å². The van der Waals surface area contributed by atoms with Gasteiger partial charge in [0.25, 0.3) is 11.8 Å². The largest absolute Gasteiger partial charge is 0.462 e. The molecule has 2 aromatic rings. The first-order valence-corrected chi connectivity index (χ1v) is 16.0. The number of benzene rings is 2. The van der Waals surface area contributed by atoms with Crippen LogP contribution in [0.25, 0.3) is 0 Å². The molecular weight excluding hydrogens is 598 g/mol. The number of urea groups is 1. The van der Waals surface area contributed by atoms with Gasteiger partial charge in [-0.15, -0.1) is 0 Å². The third-order valence-electron chi connectivity index (χ3n) is 7.76. The van der Waals surface area contributed by atoms with E-state index in [1.165, 1.54) is 101 Å². The lowest BCUT2D eigenvalue weighted by Gasteiger charge is -2.25. The number of ether oxygens (including phenoxy) is 1. The van der Waals surface area contributed by atoms with Gasteiger partial charge in [-0.2, -0.15) is 0 Å². The van der Waals surface area contributed by atoms with Crippen molar-refractivity contribution in [2.75, 3.05) is 11.9 Å². The van der Waals surface area contributed by atoms with Crippen molar-refractivity contribution >= 4 is 46.9 Å². The molecule has 0 aliphatic carbocycles. The van der Waals surface area contributed by atoms with Gasteiger partial charge in [-0.25, -0.2) is 14.5 Å². The number of nitrogens with one attached hydrogen (secondary N) is 2. The quantitative estimate of drug-likeness (QED) is 0.0560. The van der Waals surface area contributed by atoms with Crippen molar-refractivity contribution in [3.63, 3.8) is 0 Å². The van der Waals surface area contributed by atoms with E-state index in [2.05, 4.69) is 17.6 Å². The van der Waals surface area contributed by atoms with Crippen LogP contribution >= 0.6 is 11.6 Å². The van der Waals surface area contributed by atoms with Crippen molar-refractivity contribution < 1.29 is 33.8 Å². The van der Waals surface area contributed by atoms with E-state index in [-0.39, 0.29) is 35.1 Å². The number of hydrogen-bond acceptors (Lipinski definition) is 7. The number of nitrogens with zero attached hydrogens (tertiary/aromatic N) is 1. The summed E-state index contributed by atoms with van der Waals surface area (Å²) in [4.78, 5) is 66.5. The molecule has 1 unspecified atom stereocenters. The van der Waals surface area contributed by atoms with Crippen LogP contribution in [-0.4, -0.2) is 57.8 Å². The van der Waals surface area contributed by atoms with Crippen molar-refractivity contribution in [3.8, 4) is 0 Å². The first-order chi connectivity index (χ1) is 21.5. The fraction of sp³-hybridized carbons (Fsp3) is 0.500. The van der Waals surface area contributed by atoms with E-state index in [1.807, 2.05) is 0 Å². The summed E-state index contributed by atoms with van der Waals surface area (Å²) in [6.45, 7) is 5.14. The topological polar surface area (TPSA) is 142 Å². The molecule has 1 aliphatic heterocycles. The number of amides is 4. The van der Waals surface area contributed by atoms with E-state index in [4.69, 9.17) is 16.3 Å². The average molecular weight is 642 g/mol. The second-order valence-electron chi connectivity index (χ2n) is 11.9. The van der Waals surface area contributed by atoms with E-state index >= 15 is 0 Å². The van der Waals surface area contributed by atoms with Crippen molar-refractivity contribution in [1.29, 1.82) is 0 Å². The summed E-state index contributed by atoms with van der Waals surface area (Å²) < 4.78 is 5.42. The minimum absolute atomic E-state index is 0.00907. The lowest BCUT2D eigenvalue weighted by atomic mass is 9.99. The van der Waals surface area contributed by atoms with Gasteiger partial charge in [0.1, 0.15) is 5.54 Å². The summed E-state index contributed by atoms with van der Waals surface area (Å²) in [6, 6.07) is 7.22. The number of carbonyl (C=O) groups is 5. The third kappa shape index (κ3) is 9.86. The predicted molar refractivity (Wildman–Crippen MR) is 172 cm³/mol. The summed E-state index contributed by atoms with van der Waals surface area (Å²) in [5.41, 5.74) is -0.609. The highest BCUT2D eigenvalue weighted by Crippen LogP contribution is 2.27. The van der Waals surface area contributed by atoms with Crippen LogP contribution in [0.1, 0.15) is 111 Å². The van der Waals surface area contributed by atoms with Gasteiger partial charge in [0.2, 0.25) is 0 Å². The van der Waals surface area contributed by atoms with Crippen LogP contribution in [0.15, 0.2) is 42.5 Å². The monoisotopic (exact) mass is 641 g/mol. The van der Waals surface area contributed by atoms with E-state index in [1.54, 1.807) is 0 Å². The lowest BCUT2D eigenvalue weighted by molar-refractivity contribution is -0.134. The molecule has 0 aromatic heterocycles. The summed E-state index contributed by atoms with van der Waals surface area (Å²) >= 11 is 6.33. The number of rotatable bonds is 18. The number of halogens is 1. The number of ketones is 1. The minimum Gasteiger partial charge on any atom is -0.462 e. The molecule has 0 spiro atoms. The Bertz CT molecular complexity index is 1360. The smallest absolute Gasteiger partial charge is 0.338 e. The van der Waals surface area contributed by atoms with Gasteiger partial charge < -0.3 is 20.5 Å². The van der Waals surface area contributed by atoms with Crippen LogP contribution in [0.4, 0.5) is 10.5 Å². The molecule has 0 radical (unpaired) electrons. The van der Waals surface area contributed by atoms with Crippen LogP contribution < -0.4 is 10.6 Å². The minimum atomic E-state index is -1.87. The summed E-state index contributed by atoms with van der Waals surface area (Å²) in [5.74, 6) is -3.17. The molecule has 4 amide bonds. The van der Waals surface area contributed by atoms with Crippen LogP contribution in [0.5, 0.6) is 0 Å². The SMILES string of the molecule is CCCCCCCCCCCCOC(=O)c1ccc(Cl)c(NC(=O)C(C(=O)c2ccc(CO)cc2)N2C(=O)NC(C)(C)C2=O)c1. The van der Waals surface area contributed by atoms with Gasteiger partial charge >= 0.3 is 12.0 Å². The first-order valence-electron chi connectivity index (χ1n) is 15.7. The molecule has 10 nitrogen and oxygen atoms in total. The number of aliphatic hydroxyl groups excluding tert-OH is 1. The number of Topliss-reactive ketones (excluding diaryl/α,β-unsaturated/α-hetero) is 1. The lowest BCUT2D eigenvalue weighted by Crippen LogP contribution is -2.53. The highest BCUT2D eigenvalue weighted by Gasteiger charge is 2.51. The number of aliphatic hydroxyl groups is 1. The third-order valence-corrected chi connectivity index (χ3v) is 8.09. The molecule has 11 heteroatoms. The standard InChI is InChI=1S/C34H44ClN3O7/c1-4-5-6-7-8-9-10-11-12-13-20-45-31(42)25-18-19-26(35)27(21-25)36-30(41)28(38-32(43)34(2,3)37-33(38)44)29(40)24-16-14-23(22-39)15-17-24/h14-19,21,28,39H,4-13,20,22H2,1-3H3,(H,36,41)(H,37,44). The zero-order chi connectivity index (χ0) is 33.0. The number of carbonyl (C=O) groups excluding carboxylic acids is 5. The van der Waals surface area contributed by atoms with Crippen LogP contribution in [0.3, 0.4) is 0 Å². The van der Waals surface area contributed by atoms with Gasteiger partial charge in [-0.05, 0) is 44.0 Å². The number of imide groups is 1. The highest BCUT2D eigenvalue weighted by atomic mass is 35.5. The van der Waals surface area contributed by atoms with Gasteiger partial charge in [0.15, 0.2) is 11.8 Å². The average Bonchev–Trinajstić information content (AvgIpc) is 3.22. The Labute approximate surface area is 269 Å². The molecule has 1 atom stereocenters. The maximum Gasteiger partial charge on any atom is 0.338 e. The summed E-state index contributed by atoms with van der Waals surface area (Å²) in [5, 5.41) is 14.4. The maximum absolute atomic E-state index is 13.6. The van der Waals surface area contributed by atoms with E-state index < -0.39 is 41.2 Å². The Kier molecular flexibility index (Phi) is 13.6. The molecule has 1 heterocycles. The second kappa shape index (κ2) is 17.1. The van der Waals surface area contributed by atoms with Crippen molar-refractivity contribution in [3.05, 3.63) is 64.2 Å². The van der Waals surface area contributed by atoms with E-state index in [0.717, 1.165) is 19.3 Å². The fourth-order valence-corrected chi connectivity index (χ4v) is 5.25. The predicted octanol–water partition coefficient (Wildman–Crippen LogP) is 6.43. The van der Waals surface area contributed by atoms with E-state index in [9.17, 15) is 29.1 Å². The molecule has 0 bridgehead atoms. The fourth-order valence-electron chi connectivity index (χ4n) is 5.08. The summed E-state index contributed by atoms with van der Waals surface area (Å²) in [6.07, 6.45) is 11.6. The zero-order valence-electron chi connectivity index (χ0n) is 26.3. The Morgan fingerprint density at radius 2 is 1.49 bits per heavy atom. The molecule has 1 saturated heterocycles. The number of esters is 1. The van der Waals surface area contributed by atoms with Gasteiger partial charge in [-0.3, -0.25) is 14.4 Å². The maximum atomic E-state index is 13.6. The molecule has 1 fully saturated rings. The first kappa shape index (κ1) is 35.7. The highest BCUT2D eigenvalue weighted by molar-refractivity contribution is 6.34. The molecule has 244 valence electrons. The van der Waals surface area contributed by atoms with Crippen molar-refractivity contribution in [2.24, 2.45) is 0 Å². The molecule has 45 heavy (non-hydrogen) atoms. The number of anilines is 1. The zero-order valence-corrected chi connectivity index (χ0v) is 27.1. The molecule has 0 saturated carbocycles. The van der Waals surface area contributed by atoms with Crippen LogP contribution in [0, 0.1) is 0 Å². The number of unbranched alkanes of at least 4 members (excludes halogenated alkanes) is 9. The molecular formula is C34H44ClN3O7. The van der Waals surface area contributed by atoms with Crippen molar-refractivity contribution in [1.82, 2.24) is 10.2 Å². The van der Waals surface area contributed by atoms with Gasteiger partial charge in [-0.1, -0.05) is 101 Å². The molecule has 2 aromatic carbocycles. The van der Waals surface area contributed by atoms with E-state index in [0.29, 0.717) is 10.5 Å². The van der Waals surface area contributed by atoms with Crippen LogP contribution in [-0.2, 0) is 20.9 Å². The molecule has 1 aliphatic rings.